The second-order valence-corrected chi connectivity index (χ2v) is 3.14. The quantitative estimate of drug-likeness (QED) is 0.513. The van der Waals surface area contributed by atoms with Crippen LogP contribution in [-0.4, -0.2) is 17.5 Å². The van der Waals surface area contributed by atoms with E-state index in [9.17, 15) is 0 Å². The summed E-state index contributed by atoms with van der Waals surface area (Å²) in [5, 5.41) is 0. The minimum absolute atomic E-state index is 0.118. The zero-order valence-electron chi connectivity index (χ0n) is 6.74. The van der Waals surface area contributed by atoms with Crippen molar-refractivity contribution < 1.29 is 4.74 Å². The SMILES string of the molecule is CC1=NC2(C)C=CC=CC2O1. The van der Waals surface area contributed by atoms with Gasteiger partial charge < -0.3 is 4.74 Å². The summed E-state index contributed by atoms with van der Waals surface area (Å²) < 4.78 is 5.48. The Morgan fingerprint density at radius 1 is 1.55 bits per heavy atom. The molecule has 0 saturated carbocycles. The average Bonchev–Trinajstić information content (AvgIpc) is 2.22. The first-order chi connectivity index (χ1) is 5.21. The fraction of sp³-hybridized carbons (Fsp3) is 0.444. The molecule has 0 fully saturated rings. The molecule has 0 spiro atoms. The third-order valence-electron chi connectivity index (χ3n) is 2.10. The van der Waals surface area contributed by atoms with Crippen LogP contribution in [0.5, 0.6) is 0 Å². The molecule has 0 radical (unpaired) electrons. The number of nitrogens with zero attached hydrogens (tertiary/aromatic N) is 1. The van der Waals surface area contributed by atoms with Crippen LogP contribution in [-0.2, 0) is 4.74 Å². The first-order valence-electron chi connectivity index (χ1n) is 3.80. The molecule has 2 rings (SSSR count). The highest BCUT2D eigenvalue weighted by atomic mass is 16.5. The average molecular weight is 149 g/mol. The molecule has 2 nitrogen and oxygen atoms in total. The molecule has 2 unspecified atom stereocenters. The molecular formula is C9H11NO. The summed E-state index contributed by atoms with van der Waals surface area (Å²) in [6, 6.07) is 0. The van der Waals surface area contributed by atoms with E-state index in [-0.39, 0.29) is 11.6 Å². The van der Waals surface area contributed by atoms with Gasteiger partial charge in [-0.25, -0.2) is 4.99 Å². The lowest BCUT2D eigenvalue weighted by Crippen LogP contribution is -2.32. The molecule has 2 atom stereocenters. The van der Waals surface area contributed by atoms with E-state index in [1.807, 2.05) is 25.2 Å². The van der Waals surface area contributed by atoms with Gasteiger partial charge in [0.2, 0.25) is 0 Å². The minimum Gasteiger partial charge on any atom is -0.471 e. The van der Waals surface area contributed by atoms with E-state index in [1.54, 1.807) is 0 Å². The second kappa shape index (κ2) is 1.97. The first kappa shape index (κ1) is 6.65. The fourth-order valence-corrected chi connectivity index (χ4v) is 1.51. The van der Waals surface area contributed by atoms with Gasteiger partial charge >= 0.3 is 0 Å². The Kier molecular flexibility index (Phi) is 1.19. The van der Waals surface area contributed by atoms with E-state index in [4.69, 9.17) is 4.74 Å². The van der Waals surface area contributed by atoms with Crippen molar-refractivity contribution in [3.63, 3.8) is 0 Å². The van der Waals surface area contributed by atoms with Crippen LogP contribution in [0.4, 0.5) is 0 Å². The van der Waals surface area contributed by atoms with Gasteiger partial charge in [0.05, 0.1) is 0 Å². The molecule has 2 aliphatic rings. The Morgan fingerprint density at radius 3 is 3.09 bits per heavy atom. The summed E-state index contributed by atoms with van der Waals surface area (Å²) in [6.07, 6.45) is 8.25. The van der Waals surface area contributed by atoms with Crippen molar-refractivity contribution in [3.05, 3.63) is 24.3 Å². The lowest BCUT2D eigenvalue weighted by atomic mass is 9.92. The third-order valence-corrected chi connectivity index (χ3v) is 2.10. The van der Waals surface area contributed by atoms with Crippen molar-refractivity contribution in [1.29, 1.82) is 0 Å². The van der Waals surface area contributed by atoms with Crippen LogP contribution in [0.15, 0.2) is 29.3 Å². The Bertz CT molecular complexity index is 265. The van der Waals surface area contributed by atoms with Gasteiger partial charge in [0.15, 0.2) is 5.90 Å². The lowest BCUT2D eigenvalue weighted by Gasteiger charge is -2.23. The molecule has 58 valence electrons. The number of fused-ring (bicyclic) bond motifs is 1. The van der Waals surface area contributed by atoms with Crippen molar-refractivity contribution in [3.8, 4) is 0 Å². The zero-order chi connectivity index (χ0) is 7.90. The molecule has 0 bridgehead atoms. The largest absolute Gasteiger partial charge is 0.471 e. The second-order valence-electron chi connectivity index (χ2n) is 3.14. The van der Waals surface area contributed by atoms with Crippen LogP contribution in [0.2, 0.25) is 0 Å². The van der Waals surface area contributed by atoms with Crippen molar-refractivity contribution in [2.45, 2.75) is 25.5 Å². The number of rotatable bonds is 0. The molecule has 1 aliphatic carbocycles. The molecule has 1 aliphatic heterocycles. The van der Waals surface area contributed by atoms with Gasteiger partial charge in [0.1, 0.15) is 11.6 Å². The Labute approximate surface area is 66.3 Å². The van der Waals surface area contributed by atoms with Crippen molar-refractivity contribution in [2.75, 3.05) is 0 Å². The summed E-state index contributed by atoms with van der Waals surface area (Å²) in [5.74, 6) is 0.786. The van der Waals surface area contributed by atoms with Crippen LogP contribution in [0, 0.1) is 0 Å². The fourth-order valence-electron chi connectivity index (χ4n) is 1.51. The van der Waals surface area contributed by atoms with Gasteiger partial charge in [-0.2, -0.15) is 0 Å². The summed E-state index contributed by atoms with van der Waals surface area (Å²) >= 11 is 0. The van der Waals surface area contributed by atoms with E-state index in [0.29, 0.717) is 0 Å². The molecule has 1 heterocycles. The molecule has 0 saturated heterocycles. The van der Waals surface area contributed by atoms with Gasteiger partial charge in [0, 0.05) is 6.92 Å². The van der Waals surface area contributed by atoms with Gasteiger partial charge in [0.25, 0.3) is 0 Å². The maximum Gasteiger partial charge on any atom is 0.181 e. The molecule has 2 heteroatoms. The van der Waals surface area contributed by atoms with E-state index < -0.39 is 0 Å². The van der Waals surface area contributed by atoms with Crippen LogP contribution < -0.4 is 0 Å². The lowest BCUT2D eigenvalue weighted by molar-refractivity contribution is 0.214. The Balaban J connectivity index is 2.37. The van der Waals surface area contributed by atoms with Gasteiger partial charge in [-0.15, -0.1) is 0 Å². The summed E-state index contributed by atoms with van der Waals surface area (Å²) in [6.45, 7) is 3.97. The highest BCUT2D eigenvalue weighted by Gasteiger charge is 2.37. The van der Waals surface area contributed by atoms with Crippen molar-refractivity contribution in [2.24, 2.45) is 4.99 Å². The molecular weight excluding hydrogens is 138 g/mol. The van der Waals surface area contributed by atoms with Crippen LogP contribution in [0.3, 0.4) is 0 Å². The number of aliphatic imine (C=N–C) groups is 1. The summed E-state index contributed by atoms with van der Waals surface area (Å²) in [5.41, 5.74) is -0.140. The molecule has 0 aromatic rings. The number of hydrogen-bond acceptors (Lipinski definition) is 2. The standard InChI is InChI=1S/C9H11NO/c1-7-10-9(2)6-4-3-5-8(9)11-7/h3-6,8H,1-2H3. The number of hydrogen-bond donors (Lipinski definition) is 0. The predicted octanol–water partition coefficient (Wildman–Crippen LogP) is 1.69. The predicted molar refractivity (Wildman–Crippen MR) is 44.7 cm³/mol. The van der Waals surface area contributed by atoms with Crippen molar-refractivity contribution in [1.82, 2.24) is 0 Å². The van der Waals surface area contributed by atoms with Crippen LogP contribution in [0.25, 0.3) is 0 Å². The molecule has 11 heavy (non-hydrogen) atoms. The van der Waals surface area contributed by atoms with E-state index in [1.165, 1.54) is 0 Å². The van der Waals surface area contributed by atoms with Crippen LogP contribution in [0.1, 0.15) is 13.8 Å². The zero-order valence-corrected chi connectivity index (χ0v) is 6.74. The molecule has 0 aromatic heterocycles. The third kappa shape index (κ3) is 0.897. The maximum absolute atomic E-state index is 5.48. The maximum atomic E-state index is 5.48. The van der Waals surface area contributed by atoms with Gasteiger partial charge in [-0.3, -0.25) is 0 Å². The van der Waals surface area contributed by atoms with Crippen molar-refractivity contribution >= 4 is 5.90 Å². The molecule has 0 N–H and O–H groups in total. The monoisotopic (exact) mass is 149 g/mol. The van der Waals surface area contributed by atoms with E-state index in [0.717, 1.165) is 5.90 Å². The number of allylic oxidation sites excluding steroid dienone is 2. The normalized spacial score (nSPS) is 39.8. The molecule has 0 aromatic carbocycles. The molecule has 0 amide bonds. The first-order valence-corrected chi connectivity index (χ1v) is 3.80. The summed E-state index contributed by atoms with van der Waals surface area (Å²) in [4.78, 5) is 4.40. The minimum atomic E-state index is -0.140. The van der Waals surface area contributed by atoms with E-state index in [2.05, 4.69) is 18.0 Å². The van der Waals surface area contributed by atoms with Gasteiger partial charge in [-0.05, 0) is 13.0 Å². The number of ether oxygens (including phenoxy) is 1. The summed E-state index contributed by atoms with van der Waals surface area (Å²) in [7, 11) is 0. The van der Waals surface area contributed by atoms with Gasteiger partial charge in [-0.1, -0.05) is 18.2 Å². The topological polar surface area (TPSA) is 21.6 Å². The Morgan fingerprint density at radius 2 is 2.36 bits per heavy atom. The van der Waals surface area contributed by atoms with Crippen LogP contribution >= 0.6 is 0 Å². The smallest absolute Gasteiger partial charge is 0.181 e. The highest BCUT2D eigenvalue weighted by Crippen LogP contribution is 2.30. The van der Waals surface area contributed by atoms with E-state index >= 15 is 0 Å². The Hall–Kier alpha value is -1.05. The highest BCUT2D eigenvalue weighted by molar-refractivity contribution is 5.77.